The van der Waals surface area contributed by atoms with Gasteiger partial charge in [-0.25, -0.2) is 4.79 Å². The average Bonchev–Trinajstić information content (AvgIpc) is 2.64. The van der Waals surface area contributed by atoms with Crippen LogP contribution in [0.3, 0.4) is 0 Å². The van der Waals surface area contributed by atoms with Gasteiger partial charge >= 0.3 is 5.97 Å². The van der Waals surface area contributed by atoms with Crippen LogP contribution in [0.2, 0.25) is 10.0 Å². The van der Waals surface area contributed by atoms with Gasteiger partial charge in [-0.2, -0.15) is 0 Å². The monoisotopic (exact) mass is 311 g/mol. The second-order valence-corrected chi connectivity index (χ2v) is 5.65. The minimum absolute atomic E-state index is 0.0622. The van der Waals surface area contributed by atoms with Crippen molar-refractivity contribution in [2.45, 2.75) is 26.8 Å². The molecular weight excluding hydrogens is 297 g/mol. The van der Waals surface area contributed by atoms with Crippen molar-refractivity contribution in [3.05, 3.63) is 56.8 Å². The van der Waals surface area contributed by atoms with Gasteiger partial charge in [-0.1, -0.05) is 29.3 Å². The van der Waals surface area contributed by atoms with E-state index in [1.807, 2.05) is 24.5 Å². The Morgan fingerprint density at radius 2 is 1.90 bits per heavy atom. The van der Waals surface area contributed by atoms with Crippen molar-refractivity contribution < 1.29 is 9.90 Å². The van der Waals surface area contributed by atoms with Gasteiger partial charge < -0.3 is 9.67 Å². The van der Waals surface area contributed by atoms with Gasteiger partial charge in [0.25, 0.3) is 0 Å². The van der Waals surface area contributed by atoms with Crippen LogP contribution in [0, 0.1) is 13.8 Å². The fraction of sp³-hybridized carbons (Fsp3) is 0.267. The van der Waals surface area contributed by atoms with Crippen molar-refractivity contribution >= 4 is 29.2 Å². The molecule has 0 spiro atoms. The van der Waals surface area contributed by atoms with Crippen LogP contribution in [0.1, 0.15) is 40.3 Å². The van der Waals surface area contributed by atoms with E-state index in [9.17, 15) is 9.90 Å². The Bertz CT molecular complexity index is 677. The second-order valence-electron chi connectivity index (χ2n) is 4.80. The predicted molar refractivity (Wildman–Crippen MR) is 81.1 cm³/mol. The Morgan fingerprint density at radius 3 is 2.40 bits per heavy atom. The molecule has 5 heteroatoms. The lowest BCUT2D eigenvalue weighted by Gasteiger charge is -2.20. The molecule has 1 N–H and O–H groups in total. The molecule has 1 unspecified atom stereocenters. The first-order valence-corrected chi connectivity index (χ1v) is 6.95. The summed E-state index contributed by atoms with van der Waals surface area (Å²) in [7, 11) is 0. The summed E-state index contributed by atoms with van der Waals surface area (Å²) in [4.78, 5) is 11.2. The summed E-state index contributed by atoms with van der Waals surface area (Å²) in [6, 6.07) is 6.97. The summed E-state index contributed by atoms with van der Waals surface area (Å²) < 4.78 is 1.97. The van der Waals surface area contributed by atoms with E-state index < -0.39 is 5.97 Å². The fourth-order valence-corrected chi connectivity index (χ4v) is 3.14. The molecular formula is C15H15Cl2NO2. The van der Waals surface area contributed by atoms with Crippen LogP contribution in [0.25, 0.3) is 0 Å². The zero-order chi connectivity index (χ0) is 15.0. The van der Waals surface area contributed by atoms with Crippen molar-refractivity contribution in [1.82, 2.24) is 4.57 Å². The minimum atomic E-state index is -0.918. The van der Waals surface area contributed by atoms with E-state index in [0.29, 0.717) is 21.3 Å². The minimum Gasteiger partial charge on any atom is -0.478 e. The van der Waals surface area contributed by atoms with Gasteiger partial charge in [0.15, 0.2) is 0 Å². The second kappa shape index (κ2) is 5.51. The molecule has 0 fully saturated rings. The molecule has 0 radical (unpaired) electrons. The maximum Gasteiger partial charge on any atom is 0.337 e. The molecule has 0 aliphatic heterocycles. The Labute approximate surface area is 127 Å². The number of carboxylic acids is 1. The normalized spacial score (nSPS) is 12.4. The van der Waals surface area contributed by atoms with Gasteiger partial charge in [0, 0.05) is 21.4 Å². The first kappa shape index (κ1) is 14.9. The molecule has 0 saturated carbocycles. The molecule has 1 heterocycles. The first-order chi connectivity index (χ1) is 9.32. The highest BCUT2D eigenvalue weighted by Crippen LogP contribution is 2.31. The van der Waals surface area contributed by atoms with Crippen LogP contribution in [-0.4, -0.2) is 15.6 Å². The zero-order valence-electron chi connectivity index (χ0n) is 11.4. The van der Waals surface area contributed by atoms with Gasteiger partial charge in [-0.3, -0.25) is 0 Å². The number of nitrogens with zero attached hydrogens (tertiary/aromatic N) is 1. The molecule has 2 rings (SSSR count). The summed E-state index contributed by atoms with van der Waals surface area (Å²) in [5.74, 6) is -0.918. The Kier molecular flexibility index (Phi) is 4.11. The van der Waals surface area contributed by atoms with Gasteiger partial charge in [-0.05, 0) is 44.5 Å². The average molecular weight is 312 g/mol. The Hall–Kier alpha value is -1.45. The summed E-state index contributed by atoms with van der Waals surface area (Å²) in [5.41, 5.74) is 2.83. The number of carboxylic acid groups (broad SMARTS) is 1. The Balaban J connectivity index is 2.53. The molecule has 0 saturated heterocycles. The molecule has 3 nitrogen and oxygen atoms in total. The molecule has 20 heavy (non-hydrogen) atoms. The standard InChI is InChI=1S/C15H15Cl2NO2/c1-8-6-13(15(19)20)10(3)18(8)9(2)12-5-4-11(16)7-14(12)17/h4-7,9H,1-3H3,(H,19,20). The SMILES string of the molecule is Cc1cc(C(=O)O)c(C)n1C(C)c1ccc(Cl)cc1Cl. The van der Waals surface area contributed by atoms with Crippen molar-refractivity contribution in [2.24, 2.45) is 0 Å². The highest BCUT2D eigenvalue weighted by molar-refractivity contribution is 6.35. The van der Waals surface area contributed by atoms with Crippen molar-refractivity contribution in [1.29, 1.82) is 0 Å². The zero-order valence-corrected chi connectivity index (χ0v) is 13.0. The van der Waals surface area contributed by atoms with Gasteiger partial charge in [0.05, 0.1) is 11.6 Å². The molecule has 1 aromatic carbocycles. The summed E-state index contributed by atoms with van der Waals surface area (Å²) >= 11 is 12.1. The summed E-state index contributed by atoms with van der Waals surface area (Å²) in [6.07, 6.45) is 0. The maximum absolute atomic E-state index is 11.2. The lowest BCUT2D eigenvalue weighted by Crippen LogP contribution is -2.11. The van der Waals surface area contributed by atoms with Crippen LogP contribution in [-0.2, 0) is 0 Å². The van der Waals surface area contributed by atoms with Crippen molar-refractivity contribution in [2.75, 3.05) is 0 Å². The third-order valence-corrected chi connectivity index (χ3v) is 4.08. The number of hydrogen-bond donors (Lipinski definition) is 1. The van der Waals surface area contributed by atoms with E-state index in [1.54, 1.807) is 25.1 Å². The van der Waals surface area contributed by atoms with Gasteiger partial charge in [-0.15, -0.1) is 0 Å². The fourth-order valence-electron chi connectivity index (χ4n) is 2.57. The summed E-state index contributed by atoms with van der Waals surface area (Å²) in [6.45, 7) is 5.68. The number of rotatable bonds is 3. The molecule has 2 aromatic rings. The number of benzene rings is 1. The number of hydrogen-bond acceptors (Lipinski definition) is 1. The highest BCUT2D eigenvalue weighted by atomic mass is 35.5. The number of halogens is 2. The lowest BCUT2D eigenvalue weighted by atomic mass is 10.1. The van der Waals surface area contributed by atoms with E-state index in [4.69, 9.17) is 23.2 Å². The maximum atomic E-state index is 11.2. The summed E-state index contributed by atoms with van der Waals surface area (Å²) in [5, 5.41) is 10.3. The van der Waals surface area contributed by atoms with Crippen LogP contribution >= 0.6 is 23.2 Å². The Morgan fingerprint density at radius 1 is 1.25 bits per heavy atom. The number of aromatic carboxylic acids is 1. The van der Waals surface area contributed by atoms with Crippen molar-refractivity contribution in [3.8, 4) is 0 Å². The third-order valence-electron chi connectivity index (χ3n) is 3.51. The van der Waals surface area contributed by atoms with E-state index in [-0.39, 0.29) is 6.04 Å². The van der Waals surface area contributed by atoms with Crippen LogP contribution in [0.15, 0.2) is 24.3 Å². The largest absolute Gasteiger partial charge is 0.478 e. The van der Waals surface area contributed by atoms with E-state index in [1.165, 1.54) is 0 Å². The molecule has 0 bridgehead atoms. The lowest BCUT2D eigenvalue weighted by molar-refractivity contribution is 0.0696. The van der Waals surface area contributed by atoms with E-state index >= 15 is 0 Å². The number of carbonyl (C=O) groups is 1. The topological polar surface area (TPSA) is 42.2 Å². The van der Waals surface area contributed by atoms with Crippen LogP contribution < -0.4 is 0 Å². The highest BCUT2D eigenvalue weighted by Gasteiger charge is 2.20. The number of aromatic nitrogens is 1. The molecule has 0 amide bonds. The third kappa shape index (κ3) is 2.56. The van der Waals surface area contributed by atoms with E-state index in [0.717, 1.165) is 11.3 Å². The van der Waals surface area contributed by atoms with Crippen LogP contribution in [0.5, 0.6) is 0 Å². The van der Waals surface area contributed by atoms with E-state index in [2.05, 4.69) is 0 Å². The molecule has 1 aromatic heterocycles. The molecule has 0 aliphatic carbocycles. The number of aryl methyl sites for hydroxylation is 1. The molecule has 1 atom stereocenters. The molecule has 0 aliphatic rings. The van der Waals surface area contributed by atoms with Crippen molar-refractivity contribution in [3.63, 3.8) is 0 Å². The first-order valence-electron chi connectivity index (χ1n) is 6.19. The van der Waals surface area contributed by atoms with Crippen LogP contribution in [0.4, 0.5) is 0 Å². The van der Waals surface area contributed by atoms with Gasteiger partial charge in [0.1, 0.15) is 0 Å². The smallest absolute Gasteiger partial charge is 0.337 e. The quantitative estimate of drug-likeness (QED) is 0.891. The van der Waals surface area contributed by atoms with Gasteiger partial charge in [0.2, 0.25) is 0 Å². The molecule has 106 valence electrons. The predicted octanol–water partition coefficient (Wildman–Crippen LogP) is 4.72.